The number of piperazine rings is 1. The minimum absolute atomic E-state index is 0.0828. The number of carbonyl (C=O) groups is 2. The van der Waals surface area contributed by atoms with E-state index >= 15 is 0 Å². The molecule has 0 aliphatic carbocycles. The summed E-state index contributed by atoms with van der Waals surface area (Å²) in [6.45, 7) is 11.1. The van der Waals surface area contributed by atoms with E-state index in [2.05, 4.69) is 27.8 Å². The van der Waals surface area contributed by atoms with E-state index < -0.39 is 5.54 Å². The molecule has 0 aromatic heterocycles. The van der Waals surface area contributed by atoms with Crippen molar-refractivity contribution in [3.8, 4) is 0 Å². The first-order valence-electron chi connectivity index (χ1n) is 14.0. The maximum Gasteiger partial charge on any atom is 0.248 e. The molecule has 0 radical (unpaired) electrons. The van der Waals surface area contributed by atoms with E-state index in [0.717, 1.165) is 73.4 Å². The number of rotatable bonds is 8. The van der Waals surface area contributed by atoms with Crippen LogP contribution in [0.1, 0.15) is 19.8 Å². The van der Waals surface area contributed by atoms with Crippen LogP contribution >= 0.6 is 11.6 Å². The van der Waals surface area contributed by atoms with Crippen LogP contribution in [0.2, 0.25) is 5.02 Å². The molecule has 2 heterocycles. The fourth-order valence-electron chi connectivity index (χ4n) is 5.70. The third-order valence-electron chi connectivity index (χ3n) is 8.16. The van der Waals surface area contributed by atoms with Crippen molar-refractivity contribution in [1.82, 2.24) is 14.7 Å². The second kappa shape index (κ2) is 11.9. The highest BCUT2D eigenvalue weighted by Crippen LogP contribution is 2.30. The first-order chi connectivity index (χ1) is 19.2. The Bertz CT molecular complexity index is 1390. The summed E-state index contributed by atoms with van der Waals surface area (Å²) in [6, 6.07) is 21.7. The number of halogens is 1. The largest absolute Gasteiger partial charge is 0.371 e. The molecular formula is C32H38ClN5O2. The van der Waals surface area contributed by atoms with Gasteiger partial charge in [-0.1, -0.05) is 48.5 Å². The van der Waals surface area contributed by atoms with Gasteiger partial charge < -0.3 is 20.0 Å². The Kier molecular flexibility index (Phi) is 8.33. The molecule has 0 unspecified atom stereocenters. The Morgan fingerprint density at radius 1 is 0.975 bits per heavy atom. The predicted molar refractivity (Wildman–Crippen MR) is 164 cm³/mol. The molecule has 2 fully saturated rings. The maximum absolute atomic E-state index is 13.7. The molecule has 8 heteroatoms. The van der Waals surface area contributed by atoms with E-state index in [9.17, 15) is 9.59 Å². The molecular weight excluding hydrogens is 522 g/mol. The second-order valence-corrected chi connectivity index (χ2v) is 11.5. The molecule has 2 amide bonds. The number of likely N-dealkylation sites (tertiary alicyclic amines) is 1. The molecule has 210 valence electrons. The van der Waals surface area contributed by atoms with Crippen LogP contribution in [0, 0.1) is 0 Å². The molecule has 0 spiro atoms. The van der Waals surface area contributed by atoms with Gasteiger partial charge in [0, 0.05) is 61.9 Å². The zero-order valence-corrected chi connectivity index (χ0v) is 24.2. The van der Waals surface area contributed by atoms with Gasteiger partial charge >= 0.3 is 0 Å². The summed E-state index contributed by atoms with van der Waals surface area (Å²) >= 11 is 6.13. The highest BCUT2D eigenvalue weighted by Gasteiger charge is 2.40. The monoisotopic (exact) mass is 559 g/mol. The molecule has 5 rings (SSSR count). The average molecular weight is 560 g/mol. The van der Waals surface area contributed by atoms with Crippen LogP contribution in [0.5, 0.6) is 0 Å². The van der Waals surface area contributed by atoms with Gasteiger partial charge in [-0.05, 0) is 66.9 Å². The SMILES string of the molecule is C=C(CN1CCC[C@](C)(Nc2ccc3cc(Cl)ccc3c2)C1=O)N1CCN(CC(=O)N(C)c2ccccc2)CC1. The van der Waals surface area contributed by atoms with Gasteiger partial charge in [-0.25, -0.2) is 0 Å². The second-order valence-electron chi connectivity index (χ2n) is 11.1. The van der Waals surface area contributed by atoms with Crippen LogP contribution in [-0.4, -0.2) is 84.9 Å². The summed E-state index contributed by atoms with van der Waals surface area (Å²) in [5, 5.41) is 6.40. The van der Waals surface area contributed by atoms with Crippen LogP contribution in [0.3, 0.4) is 0 Å². The third-order valence-corrected chi connectivity index (χ3v) is 8.39. The summed E-state index contributed by atoms with van der Waals surface area (Å²) in [5.74, 6) is 0.184. The zero-order chi connectivity index (χ0) is 28.3. The summed E-state index contributed by atoms with van der Waals surface area (Å²) in [4.78, 5) is 34.6. The first kappa shape index (κ1) is 28.0. The van der Waals surface area contributed by atoms with Gasteiger partial charge in [0.1, 0.15) is 5.54 Å². The van der Waals surface area contributed by atoms with Crippen LogP contribution in [0.4, 0.5) is 11.4 Å². The van der Waals surface area contributed by atoms with Gasteiger partial charge in [-0.15, -0.1) is 0 Å². The Morgan fingerprint density at radius 2 is 1.68 bits per heavy atom. The van der Waals surface area contributed by atoms with Crippen LogP contribution in [0.15, 0.2) is 79.0 Å². The number of likely N-dealkylation sites (N-methyl/N-ethyl adjacent to an activating group) is 1. The van der Waals surface area contributed by atoms with Gasteiger partial charge in [0.15, 0.2) is 0 Å². The number of para-hydroxylation sites is 1. The molecule has 1 atom stereocenters. The van der Waals surface area contributed by atoms with E-state index in [0.29, 0.717) is 18.1 Å². The fourth-order valence-corrected chi connectivity index (χ4v) is 5.88. The van der Waals surface area contributed by atoms with Crippen molar-refractivity contribution in [2.75, 3.05) is 63.1 Å². The molecule has 2 aliphatic heterocycles. The Hall–Kier alpha value is -3.55. The number of amides is 2. The molecule has 3 aromatic rings. The molecule has 3 aromatic carbocycles. The van der Waals surface area contributed by atoms with E-state index in [1.54, 1.807) is 4.90 Å². The lowest BCUT2D eigenvalue weighted by atomic mass is 9.89. The maximum atomic E-state index is 13.7. The molecule has 7 nitrogen and oxygen atoms in total. The number of hydrogen-bond acceptors (Lipinski definition) is 5. The third kappa shape index (κ3) is 6.26. The van der Waals surface area contributed by atoms with Crippen molar-refractivity contribution >= 4 is 45.6 Å². The molecule has 0 saturated carbocycles. The number of benzene rings is 3. The van der Waals surface area contributed by atoms with Crippen LogP contribution < -0.4 is 10.2 Å². The van der Waals surface area contributed by atoms with Gasteiger partial charge in [0.05, 0.1) is 13.1 Å². The summed E-state index contributed by atoms with van der Waals surface area (Å²) in [6.07, 6.45) is 1.70. The molecule has 1 N–H and O–H groups in total. The van der Waals surface area contributed by atoms with Crippen molar-refractivity contribution in [2.24, 2.45) is 0 Å². The van der Waals surface area contributed by atoms with Crippen molar-refractivity contribution < 1.29 is 9.59 Å². The molecule has 40 heavy (non-hydrogen) atoms. The molecule has 0 bridgehead atoms. The number of carbonyl (C=O) groups excluding carboxylic acids is 2. The summed E-state index contributed by atoms with van der Waals surface area (Å²) < 4.78 is 0. The lowest BCUT2D eigenvalue weighted by Crippen LogP contribution is -2.57. The highest BCUT2D eigenvalue weighted by molar-refractivity contribution is 6.31. The molecule has 2 aliphatic rings. The number of nitrogens with one attached hydrogen (secondary N) is 1. The number of piperidine rings is 1. The number of hydrogen-bond donors (Lipinski definition) is 1. The van der Waals surface area contributed by atoms with E-state index in [4.69, 9.17) is 11.6 Å². The average Bonchev–Trinajstić information content (AvgIpc) is 2.96. The smallest absolute Gasteiger partial charge is 0.248 e. The quantitative estimate of drug-likeness (QED) is 0.417. The lowest BCUT2D eigenvalue weighted by molar-refractivity contribution is -0.138. The van der Waals surface area contributed by atoms with Gasteiger partial charge in [0.2, 0.25) is 11.8 Å². The fraction of sp³-hybridized carbons (Fsp3) is 0.375. The number of anilines is 2. The Labute approximate surface area is 242 Å². The topological polar surface area (TPSA) is 59.1 Å². The van der Waals surface area contributed by atoms with E-state index in [1.165, 1.54) is 0 Å². The van der Waals surface area contributed by atoms with Gasteiger partial charge in [0.25, 0.3) is 0 Å². The van der Waals surface area contributed by atoms with Crippen LogP contribution in [-0.2, 0) is 9.59 Å². The predicted octanol–water partition coefficient (Wildman–Crippen LogP) is 5.08. The van der Waals surface area contributed by atoms with Crippen LogP contribution in [0.25, 0.3) is 10.8 Å². The Balaban J connectivity index is 1.13. The highest BCUT2D eigenvalue weighted by atomic mass is 35.5. The van der Waals surface area contributed by atoms with Crippen molar-refractivity contribution in [3.05, 3.63) is 84.0 Å². The van der Waals surface area contributed by atoms with Gasteiger partial charge in [-0.2, -0.15) is 0 Å². The van der Waals surface area contributed by atoms with Crippen molar-refractivity contribution in [2.45, 2.75) is 25.3 Å². The summed E-state index contributed by atoms with van der Waals surface area (Å²) in [7, 11) is 1.82. The van der Waals surface area contributed by atoms with Gasteiger partial charge in [-0.3, -0.25) is 14.5 Å². The Morgan fingerprint density at radius 3 is 2.42 bits per heavy atom. The minimum Gasteiger partial charge on any atom is -0.371 e. The zero-order valence-electron chi connectivity index (χ0n) is 23.4. The molecule has 2 saturated heterocycles. The number of fused-ring (bicyclic) bond motifs is 1. The van der Waals surface area contributed by atoms with Crippen molar-refractivity contribution in [1.29, 1.82) is 0 Å². The standard InChI is InChI=1S/C32H38ClN5O2/c1-24(37-18-16-36(17-19-37)23-30(39)35(3)29-8-5-4-6-9-29)22-38-15-7-14-32(2,31(38)40)34-28-13-11-25-20-27(33)12-10-26(25)21-28/h4-6,8-13,20-21,34H,1,7,14-19,22-23H2,2-3H3/t32-/m0/s1. The lowest BCUT2D eigenvalue weighted by Gasteiger charge is -2.43. The number of nitrogens with zero attached hydrogens (tertiary/aromatic N) is 4. The van der Waals surface area contributed by atoms with E-state index in [1.807, 2.05) is 79.5 Å². The van der Waals surface area contributed by atoms with E-state index in [-0.39, 0.29) is 11.8 Å². The van der Waals surface area contributed by atoms with Crippen molar-refractivity contribution in [3.63, 3.8) is 0 Å². The summed E-state index contributed by atoms with van der Waals surface area (Å²) in [5.41, 5.74) is 2.10. The minimum atomic E-state index is -0.678. The normalized spacial score (nSPS) is 20.0. The first-order valence-corrected chi connectivity index (χ1v) is 14.3.